The molecule has 1 aromatic rings. The summed E-state index contributed by atoms with van der Waals surface area (Å²) in [6.07, 6.45) is 0.737. The highest BCUT2D eigenvalue weighted by atomic mass is 32.2. The number of likely N-dealkylation sites (N-methyl/N-ethyl adjacent to an activating group) is 1. The summed E-state index contributed by atoms with van der Waals surface area (Å²) < 4.78 is 0. The number of rotatable bonds is 8. The molecule has 1 saturated carbocycles. The number of phenolic OH excluding ortho intramolecular Hbond substituents is 1. The number of carbonyl (C=O) groups is 5. The van der Waals surface area contributed by atoms with Crippen molar-refractivity contribution in [1.29, 1.82) is 0 Å². The largest absolute Gasteiger partial charge is 0.508 e. The molecule has 0 unspecified atom stereocenters. The molecule has 2 fully saturated rings. The SMILES string of the molecule is CN(C)[C@@H]1C(=O)C(C(N)=O)=C(O)[C@@]2(O)C(=O)C3=C(O)c4c(O)cccc4[C@@](C)(O)[C@H]3C[C@@H]12.C[C@@H](O)[C@H]1C(=O)N2C(C(=O)O)=C(SCCN=CN)C[C@H]12.O. The number of nitrogens with zero attached hydrogens (tertiary/aromatic N) is 3. The average Bonchev–Trinajstić information content (AvgIpc) is 3.37. The molecule has 1 saturated heterocycles. The molecule has 1 aromatic carbocycles. The maximum Gasteiger partial charge on any atom is 0.353 e. The molecule has 0 aromatic heterocycles. The van der Waals surface area contributed by atoms with Crippen LogP contribution in [0.3, 0.4) is 0 Å². The molecule has 13 N–H and O–H groups in total. The molecule has 0 radical (unpaired) electrons. The van der Waals surface area contributed by atoms with Gasteiger partial charge in [0.05, 0.1) is 48.2 Å². The number of ketones is 2. The summed E-state index contributed by atoms with van der Waals surface area (Å²) >= 11 is 1.38. The van der Waals surface area contributed by atoms with Gasteiger partial charge in [0.15, 0.2) is 11.4 Å². The van der Waals surface area contributed by atoms with Crippen LogP contribution in [-0.4, -0.2) is 137 Å². The van der Waals surface area contributed by atoms with E-state index in [1.165, 1.54) is 67.1 Å². The van der Waals surface area contributed by atoms with Crippen LogP contribution in [0.5, 0.6) is 5.75 Å². The van der Waals surface area contributed by atoms with Crippen molar-refractivity contribution in [2.45, 2.75) is 56.1 Å². The minimum atomic E-state index is -2.75. The Kier molecular flexibility index (Phi) is 11.3. The third kappa shape index (κ3) is 6.15. The van der Waals surface area contributed by atoms with E-state index in [0.29, 0.717) is 23.6 Å². The first-order valence-electron chi connectivity index (χ1n) is 16.3. The lowest BCUT2D eigenvalue weighted by Crippen LogP contribution is -2.67. The highest BCUT2D eigenvalue weighted by Gasteiger charge is 2.66. The molecule has 8 atom stereocenters. The van der Waals surface area contributed by atoms with Crippen LogP contribution in [0, 0.1) is 17.8 Å². The van der Waals surface area contributed by atoms with E-state index in [1.807, 2.05) is 0 Å². The second kappa shape index (κ2) is 14.6. The van der Waals surface area contributed by atoms with Gasteiger partial charge in [0, 0.05) is 34.5 Å². The number of thioether (sulfide) groups is 1. The molecule has 2 amide bonds. The van der Waals surface area contributed by atoms with Gasteiger partial charge in [-0.05, 0) is 46.0 Å². The van der Waals surface area contributed by atoms with Crippen molar-refractivity contribution in [3.63, 3.8) is 0 Å². The van der Waals surface area contributed by atoms with Crippen molar-refractivity contribution in [3.8, 4) is 5.75 Å². The van der Waals surface area contributed by atoms with Crippen molar-refractivity contribution in [2.75, 3.05) is 26.4 Å². The van der Waals surface area contributed by atoms with Crippen LogP contribution in [0.2, 0.25) is 0 Å². The number of carbonyl (C=O) groups excluding carboxylic acids is 4. The Labute approximate surface area is 307 Å². The molecule has 18 nitrogen and oxygen atoms in total. The van der Waals surface area contributed by atoms with Gasteiger partial charge in [-0.1, -0.05) is 12.1 Å². The Balaban J connectivity index is 0.000000258. The summed E-state index contributed by atoms with van der Waals surface area (Å²) in [4.78, 5) is 69.1. The minimum Gasteiger partial charge on any atom is -0.508 e. The molecule has 2 aliphatic heterocycles. The summed E-state index contributed by atoms with van der Waals surface area (Å²) in [6, 6.07) is 2.79. The first kappa shape index (κ1) is 41.0. The number of hydrogen-bond acceptors (Lipinski definition) is 14. The minimum absolute atomic E-state index is 0. The number of aliphatic hydroxyl groups excluding tert-OH is 3. The summed E-state index contributed by atoms with van der Waals surface area (Å²) in [5.74, 6) is -9.20. The summed E-state index contributed by atoms with van der Waals surface area (Å²) in [5, 5.41) is 73.8. The molecule has 0 bridgehead atoms. The molecule has 2 heterocycles. The molecule has 3 aliphatic carbocycles. The number of Topliss-reactive ketones (excluding diaryl/α,β-unsaturated/α-hetero) is 2. The van der Waals surface area contributed by atoms with Gasteiger partial charge in [0.1, 0.15) is 28.5 Å². The molecular formula is C34H43N5O13S. The number of amides is 2. The second-order valence-corrected chi connectivity index (χ2v) is 14.9. The average molecular weight is 762 g/mol. The zero-order valence-electron chi connectivity index (χ0n) is 29.2. The van der Waals surface area contributed by atoms with Gasteiger partial charge in [0.25, 0.3) is 5.91 Å². The first-order valence-corrected chi connectivity index (χ1v) is 17.2. The number of hydrogen-bond donors (Lipinski definition) is 9. The fourth-order valence-electron chi connectivity index (χ4n) is 8.16. The maximum absolute atomic E-state index is 13.7. The summed E-state index contributed by atoms with van der Waals surface area (Å²) in [7, 11) is 3.01. The smallest absolute Gasteiger partial charge is 0.353 e. The van der Waals surface area contributed by atoms with E-state index in [-0.39, 0.29) is 40.7 Å². The zero-order chi connectivity index (χ0) is 38.8. The van der Waals surface area contributed by atoms with Crippen LogP contribution in [-0.2, 0) is 29.6 Å². The number of aliphatic imine (C=N–C) groups is 1. The standard InChI is InChI=1S/C22H24N2O8.C12H17N3O4S.H2O/c1-21(31)8-5-4-6-11(25)12(8)16(26)13-9(21)7-10-15(24(2)3)17(27)14(20(23)30)19(29)22(10,32)18(13)28;1-6(16)9-7-4-8(20-3-2-14-5-13)10(12(18)19)15(7)11(9)17;/h4-6,9-10,15,25-26,29,31-32H,7H2,1-3H3,(H2,23,30);5-7,9,16H,2-4H2,1H3,(H2,13,14)(H,18,19);1H2/t9-,10-,15-,21+,22-;6-,7-,9-;/m01./s1. The van der Waals surface area contributed by atoms with Crippen LogP contribution < -0.4 is 11.5 Å². The number of aromatic hydroxyl groups is 1. The lowest BCUT2D eigenvalue weighted by Gasteiger charge is -2.53. The maximum atomic E-state index is 13.7. The van der Waals surface area contributed by atoms with Crippen molar-refractivity contribution in [1.82, 2.24) is 9.80 Å². The monoisotopic (exact) mass is 761 g/mol. The highest BCUT2D eigenvalue weighted by molar-refractivity contribution is 8.03. The molecular weight excluding hydrogens is 718 g/mol. The Bertz CT molecular complexity index is 1890. The number of fused-ring (bicyclic) bond motifs is 4. The van der Waals surface area contributed by atoms with Crippen LogP contribution in [0.15, 0.2) is 50.7 Å². The van der Waals surface area contributed by atoms with Crippen molar-refractivity contribution >= 4 is 53.2 Å². The normalized spacial score (nSPS) is 30.9. The molecule has 288 valence electrons. The fraction of sp³-hybridized carbons (Fsp3) is 0.471. The molecule has 19 heteroatoms. The lowest BCUT2D eigenvalue weighted by atomic mass is 9.54. The number of β-lactam (4-membered cyclic amide) rings is 1. The summed E-state index contributed by atoms with van der Waals surface area (Å²) in [5.41, 5.74) is 4.64. The van der Waals surface area contributed by atoms with Gasteiger partial charge in [-0.3, -0.25) is 29.1 Å². The van der Waals surface area contributed by atoms with Crippen LogP contribution in [0.25, 0.3) is 5.76 Å². The van der Waals surface area contributed by atoms with Gasteiger partial charge in [0.2, 0.25) is 11.7 Å². The van der Waals surface area contributed by atoms with E-state index in [4.69, 9.17) is 11.5 Å². The summed E-state index contributed by atoms with van der Waals surface area (Å²) in [6.45, 7) is 3.46. The third-order valence-electron chi connectivity index (χ3n) is 10.5. The number of aliphatic carboxylic acids is 1. The van der Waals surface area contributed by atoms with E-state index >= 15 is 0 Å². The Morgan fingerprint density at radius 3 is 2.36 bits per heavy atom. The Hall–Kier alpha value is -4.79. The first-order chi connectivity index (χ1) is 24.3. The van der Waals surface area contributed by atoms with Crippen molar-refractivity contribution in [2.24, 2.45) is 34.2 Å². The Morgan fingerprint density at radius 2 is 1.81 bits per heavy atom. The van der Waals surface area contributed by atoms with E-state index in [9.17, 15) is 59.7 Å². The van der Waals surface area contributed by atoms with Gasteiger partial charge < -0.3 is 57.6 Å². The quantitative estimate of drug-likeness (QED) is 0.0475. The zero-order valence-corrected chi connectivity index (χ0v) is 30.0. The number of benzene rings is 1. The number of nitrogens with two attached hydrogens (primary N) is 2. The van der Waals surface area contributed by atoms with Gasteiger partial charge in [-0.25, -0.2) is 4.79 Å². The molecule has 6 rings (SSSR count). The van der Waals surface area contributed by atoms with Crippen LogP contribution in [0.4, 0.5) is 0 Å². The predicted molar refractivity (Wildman–Crippen MR) is 189 cm³/mol. The van der Waals surface area contributed by atoms with Gasteiger partial charge in [-0.2, -0.15) is 0 Å². The molecule has 0 spiro atoms. The van der Waals surface area contributed by atoms with Crippen LogP contribution in [0.1, 0.15) is 37.8 Å². The van der Waals surface area contributed by atoms with Crippen molar-refractivity contribution < 1.29 is 65.2 Å². The molecule has 53 heavy (non-hydrogen) atoms. The highest BCUT2D eigenvalue weighted by Crippen LogP contribution is 2.57. The van der Waals surface area contributed by atoms with Crippen molar-refractivity contribution in [3.05, 3.63) is 56.8 Å². The second-order valence-electron chi connectivity index (χ2n) is 13.7. The third-order valence-corrected chi connectivity index (χ3v) is 11.6. The molecule has 5 aliphatic rings. The van der Waals surface area contributed by atoms with E-state index in [1.54, 1.807) is 6.92 Å². The number of phenols is 1. The van der Waals surface area contributed by atoms with Gasteiger partial charge in [-0.15, -0.1) is 11.8 Å². The lowest BCUT2D eigenvalue weighted by molar-refractivity contribution is -0.161. The topological polar surface area (TPSA) is 329 Å². The van der Waals surface area contributed by atoms with E-state index < -0.39 is 93.0 Å². The predicted octanol–water partition coefficient (Wildman–Crippen LogP) is -1.58. The van der Waals surface area contributed by atoms with E-state index in [2.05, 4.69) is 4.99 Å². The van der Waals surface area contributed by atoms with E-state index in [0.717, 1.165) is 0 Å². The number of primary amides is 1. The number of carboxylic acids is 1. The van der Waals surface area contributed by atoms with Gasteiger partial charge >= 0.3 is 5.97 Å². The number of aliphatic hydroxyl groups is 5. The number of carboxylic acid groups (broad SMARTS) is 1. The fourth-order valence-corrected chi connectivity index (χ4v) is 9.21. The Morgan fingerprint density at radius 1 is 1.17 bits per heavy atom. The van der Waals surface area contributed by atoms with Crippen LogP contribution >= 0.6 is 11.8 Å².